The molecule has 0 spiro atoms. The number of hydrogen-bond donors (Lipinski definition) is 1. The van der Waals surface area contributed by atoms with E-state index in [9.17, 15) is 5.11 Å². The predicted molar refractivity (Wildman–Crippen MR) is 105 cm³/mol. The Labute approximate surface area is 168 Å². The highest BCUT2D eigenvalue weighted by Gasteiger charge is 2.13. The summed E-state index contributed by atoms with van der Waals surface area (Å²) in [6.45, 7) is 2.78. The quantitative estimate of drug-likeness (QED) is 0.553. The number of benzene rings is 2. The Morgan fingerprint density at radius 1 is 0.966 bits per heavy atom. The van der Waals surface area contributed by atoms with Gasteiger partial charge in [-0.15, -0.1) is 10.2 Å². The molecule has 154 valence electrons. The summed E-state index contributed by atoms with van der Waals surface area (Å²) in [7, 11) is 3.13. The minimum Gasteiger partial charge on any atom is -0.494 e. The van der Waals surface area contributed by atoms with Crippen molar-refractivity contribution >= 4 is 0 Å². The van der Waals surface area contributed by atoms with E-state index in [1.165, 1.54) is 4.80 Å². The number of tetrazole rings is 1. The molecule has 1 unspecified atom stereocenters. The lowest BCUT2D eigenvalue weighted by atomic mass is 10.2. The van der Waals surface area contributed by atoms with E-state index in [2.05, 4.69) is 15.4 Å². The van der Waals surface area contributed by atoms with E-state index in [1.54, 1.807) is 38.5 Å². The van der Waals surface area contributed by atoms with E-state index in [1.807, 2.05) is 25.1 Å². The fraction of sp³-hybridized carbons (Fsp3) is 0.350. The summed E-state index contributed by atoms with van der Waals surface area (Å²) in [5.41, 5.74) is 0.731. The van der Waals surface area contributed by atoms with Crippen LogP contribution in [0.4, 0.5) is 0 Å². The van der Waals surface area contributed by atoms with Crippen molar-refractivity contribution in [3.63, 3.8) is 0 Å². The van der Waals surface area contributed by atoms with Gasteiger partial charge in [0, 0.05) is 5.56 Å². The van der Waals surface area contributed by atoms with Crippen molar-refractivity contribution in [2.45, 2.75) is 19.6 Å². The fourth-order valence-electron chi connectivity index (χ4n) is 2.64. The molecule has 0 aliphatic rings. The van der Waals surface area contributed by atoms with Crippen LogP contribution in [-0.4, -0.2) is 58.9 Å². The van der Waals surface area contributed by atoms with Gasteiger partial charge in [0.05, 0.1) is 27.4 Å². The molecular formula is C20H24N4O5. The van der Waals surface area contributed by atoms with Gasteiger partial charge >= 0.3 is 0 Å². The summed E-state index contributed by atoms with van der Waals surface area (Å²) in [6, 6.07) is 12.6. The number of hydrogen-bond acceptors (Lipinski definition) is 8. The van der Waals surface area contributed by atoms with Gasteiger partial charge in [0.2, 0.25) is 5.82 Å². The molecule has 0 saturated carbocycles. The Morgan fingerprint density at radius 2 is 1.66 bits per heavy atom. The van der Waals surface area contributed by atoms with E-state index >= 15 is 0 Å². The van der Waals surface area contributed by atoms with Gasteiger partial charge in [-0.3, -0.25) is 0 Å². The van der Waals surface area contributed by atoms with Gasteiger partial charge in [-0.05, 0) is 54.6 Å². The molecule has 1 heterocycles. The highest BCUT2D eigenvalue weighted by molar-refractivity contribution is 5.60. The number of rotatable bonds is 10. The van der Waals surface area contributed by atoms with Gasteiger partial charge in [-0.1, -0.05) is 0 Å². The molecule has 0 bridgehead atoms. The molecule has 1 atom stereocenters. The second-order valence-corrected chi connectivity index (χ2v) is 6.11. The Hall–Kier alpha value is -3.33. The zero-order valence-electron chi connectivity index (χ0n) is 16.6. The summed E-state index contributed by atoms with van der Waals surface area (Å²) < 4.78 is 21.5. The Kier molecular flexibility index (Phi) is 6.85. The average molecular weight is 400 g/mol. The fourth-order valence-corrected chi connectivity index (χ4v) is 2.64. The van der Waals surface area contributed by atoms with Gasteiger partial charge < -0.3 is 24.1 Å². The van der Waals surface area contributed by atoms with Crippen molar-refractivity contribution in [3.8, 4) is 34.4 Å². The maximum atomic E-state index is 10.2. The van der Waals surface area contributed by atoms with E-state index in [0.29, 0.717) is 29.7 Å². The number of aliphatic hydroxyl groups is 1. The molecule has 0 aliphatic carbocycles. The molecule has 0 amide bonds. The lowest BCUT2D eigenvalue weighted by Gasteiger charge is -2.12. The summed E-state index contributed by atoms with van der Waals surface area (Å²) in [5.74, 6) is 3.03. The minimum atomic E-state index is -0.797. The molecule has 3 aromatic rings. The molecular weight excluding hydrogens is 376 g/mol. The van der Waals surface area contributed by atoms with Crippen LogP contribution in [0.5, 0.6) is 23.0 Å². The highest BCUT2D eigenvalue weighted by Crippen LogP contribution is 2.30. The van der Waals surface area contributed by atoms with Crippen LogP contribution in [0.3, 0.4) is 0 Å². The number of ether oxygens (including phenoxy) is 4. The monoisotopic (exact) mass is 400 g/mol. The third-order valence-electron chi connectivity index (χ3n) is 4.05. The third kappa shape index (κ3) is 5.35. The molecule has 0 radical (unpaired) electrons. The Bertz CT molecular complexity index is 913. The lowest BCUT2D eigenvalue weighted by molar-refractivity contribution is 0.0849. The number of methoxy groups -OCH3 is 2. The van der Waals surface area contributed by atoms with Crippen molar-refractivity contribution in [1.29, 1.82) is 0 Å². The molecule has 0 saturated heterocycles. The van der Waals surface area contributed by atoms with E-state index in [0.717, 1.165) is 11.3 Å². The van der Waals surface area contributed by atoms with Crippen molar-refractivity contribution in [1.82, 2.24) is 20.2 Å². The minimum absolute atomic E-state index is 0.0984. The zero-order chi connectivity index (χ0) is 20.6. The van der Waals surface area contributed by atoms with Gasteiger partial charge in [-0.2, -0.15) is 4.80 Å². The third-order valence-corrected chi connectivity index (χ3v) is 4.05. The van der Waals surface area contributed by atoms with E-state index in [4.69, 9.17) is 18.9 Å². The second-order valence-electron chi connectivity index (χ2n) is 6.11. The largest absolute Gasteiger partial charge is 0.494 e. The summed E-state index contributed by atoms with van der Waals surface area (Å²) in [4.78, 5) is 1.33. The SMILES string of the molecule is CCOc1ccc(OCC(O)Cn2nnc(-c3ccc(OC)c(OC)c3)n2)cc1. The van der Waals surface area contributed by atoms with Gasteiger partial charge in [0.15, 0.2) is 11.5 Å². The normalized spacial score (nSPS) is 11.7. The smallest absolute Gasteiger partial charge is 0.205 e. The van der Waals surface area contributed by atoms with Crippen molar-refractivity contribution < 1.29 is 24.1 Å². The van der Waals surface area contributed by atoms with Crippen molar-refractivity contribution in [3.05, 3.63) is 42.5 Å². The lowest BCUT2D eigenvalue weighted by Crippen LogP contribution is -2.24. The van der Waals surface area contributed by atoms with E-state index < -0.39 is 6.10 Å². The Balaban J connectivity index is 1.56. The molecule has 9 nitrogen and oxygen atoms in total. The van der Waals surface area contributed by atoms with Crippen LogP contribution in [0.25, 0.3) is 11.4 Å². The Morgan fingerprint density at radius 3 is 2.31 bits per heavy atom. The van der Waals surface area contributed by atoms with Crippen LogP contribution in [0.1, 0.15) is 6.92 Å². The summed E-state index contributed by atoms with van der Waals surface area (Å²) in [5, 5.41) is 22.5. The zero-order valence-corrected chi connectivity index (χ0v) is 16.6. The second kappa shape index (κ2) is 9.74. The van der Waals surface area contributed by atoms with Crippen molar-refractivity contribution in [2.75, 3.05) is 27.4 Å². The molecule has 9 heteroatoms. The van der Waals surface area contributed by atoms with Crippen LogP contribution in [-0.2, 0) is 6.54 Å². The maximum absolute atomic E-state index is 10.2. The van der Waals surface area contributed by atoms with Gasteiger partial charge in [-0.25, -0.2) is 0 Å². The number of aromatic nitrogens is 4. The molecule has 1 N–H and O–H groups in total. The first-order valence-corrected chi connectivity index (χ1v) is 9.16. The first kappa shape index (κ1) is 20.4. The topological polar surface area (TPSA) is 101 Å². The molecule has 0 fully saturated rings. The van der Waals surface area contributed by atoms with Crippen LogP contribution in [0, 0.1) is 0 Å². The van der Waals surface area contributed by atoms with Gasteiger partial charge in [0.1, 0.15) is 24.2 Å². The van der Waals surface area contributed by atoms with Crippen LogP contribution in [0.15, 0.2) is 42.5 Å². The van der Waals surface area contributed by atoms with Crippen LogP contribution in [0.2, 0.25) is 0 Å². The number of nitrogens with zero attached hydrogens (tertiary/aromatic N) is 4. The first-order chi connectivity index (χ1) is 14.1. The average Bonchev–Trinajstić information content (AvgIpc) is 3.21. The predicted octanol–water partition coefficient (Wildman–Crippen LogP) is 2.20. The van der Waals surface area contributed by atoms with E-state index in [-0.39, 0.29) is 13.2 Å². The molecule has 0 aliphatic heterocycles. The highest BCUT2D eigenvalue weighted by atomic mass is 16.5. The van der Waals surface area contributed by atoms with Crippen molar-refractivity contribution in [2.24, 2.45) is 0 Å². The molecule has 1 aromatic heterocycles. The molecule has 2 aromatic carbocycles. The first-order valence-electron chi connectivity index (χ1n) is 9.16. The number of aliphatic hydroxyl groups excluding tert-OH is 1. The molecule has 29 heavy (non-hydrogen) atoms. The maximum Gasteiger partial charge on any atom is 0.205 e. The molecule has 3 rings (SSSR count). The van der Waals surface area contributed by atoms with Gasteiger partial charge in [0.25, 0.3) is 0 Å². The van der Waals surface area contributed by atoms with Crippen LogP contribution >= 0.6 is 0 Å². The summed E-state index contributed by atoms with van der Waals surface area (Å²) in [6.07, 6.45) is -0.797. The van der Waals surface area contributed by atoms with Crippen LogP contribution < -0.4 is 18.9 Å². The summed E-state index contributed by atoms with van der Waals surface area (Å²) >= 11 is 0. The standard InChI is InChI=1S/C20H24N4O5/c1-4-28-16-6-8-17(9-7-16)29-13-15(25)12-24-22-20(21-23-24)14-5-10-18(26-2)19(11-14)27-3/h5-11,15,25H,4,12-13H2,1-3H3.